The third-order valence-electron chi connectivity index (χ3n) is 5.86. The van der Waals surface area contributed by atoms with Gasteiger partial charge in [0.25, 0.3) is 0 Å². The van der Waals surface area contributed by atoms with E-state index in [0.29, 0.717) is 17.9 Å². The molecule has 0 bridgehead atoms. The lowest BCUT2D eigenvalue weighted by Crippen LogP contribution is -2.49. The molecule has 1 aliphatic carbocycles. The van der Waals surface area contributed by atoms with E-state index in [1.807, 2.05) is 0 Å². The predicted octanol–water partition coefficient (Wildman–Crippen LogP) is 4.46. The van der Waals surface area contributed by atoms with Crippen molar-refractivity contribution in [3.8, 4) is 0 Å². The zero-order valence-electron chi connectivity index (χ0n) is 16.1. The normalized spacial score (nSPS) is 27.0. The number of carbonyl (C=O) groups is 1. The first kappa shape index (κ1) is 18.4. The molecule has 1 aromatic rings. The van der Waals surface area contributed by atoms with Gasteiger partial charge in [0.2, 0.25) is 5.91 Å². The van der Waals surface area contributed by atoms with Crippen molar-refractivity contribution in [3.05, 3.63) is 35.4 Å². The van der Waals surface area contributed by atoms with Crippen LogP contribution in [0.2, 0.25) is 0 Å². The minimum atomic E-state index is -0.146. The zero-order valence-corrected chi connectivity index (χ0v) is 16.1. The summed E-state index contributed by atoms with van der Waals surface area (Å²) in [7, 11) is 0. The van der Waals surface area contributed by atoms with Crippen molar-refractivity contribution in [2.45, 2.75) is 71.4 Å². The quantitative estimate of drug-likeness (QED) is 0.876. The van der Waals surface area contributed by atoms with Crippen LogP contribution in [0.15, 0.2) is 24.3 Å². The third kappa shape index (κ3) is 4.84. The number of piperidine rings is 1. The Balaban J connectivity index is 1.80. The molecule has 25 heavy (non-hydrogen) atoms. The fourth-order valence-corrected chi connectivity index (χ4v) is 4.73. The molecule has 3 atom stereocenters. The molecule has 3 nitrogen and oxygen atoms in total. The van der Waals surface area contributed by atoms with Crippen molar-refractivity contribution in [1.82, 2.24) is 10.2 Å². The summed E-state index contributed by atoms with van der Waals surface area (Å²) in [5.74, 6) is 1.51. The standard InChI is InChI=1S/C22H34N2O/c1-16-9-11-19(12-10-16)21(24-14-17(2)13-18(3)15-24)22(25)23-20-7-5-4-6-8-20/h9-12,17-18,20-21H,4-8,13-15H2,1-3H3,(H,23,25)/t17-,18-,21+/m0/s1. The summed E-state index contributed by atoms with van der Waals surface area (Å²) in [6, 6.07) is 8.77. The molecule has 1 aromatic carbocycles. The molecule has 1 amide bonds. The lowest BCUT2D eigenvalue weighted by molar-refractivity contribution is -0.128. The minimum absolute atomic E-state index is 0.146. The van der Waals surface area contributed by atoms with Crippen LogP contribution in [0.25, 0.3) is 0 Å². The fraction of sp³-hybridized carbons (Fsp3) is 0.682. The average Bonchev–Trinajstić information content (AvgIpc) is 2.57. The number of hydrogen-bond acceptors (Lipinski definition) is 2. The SMILES string of the molecule is Cc1ccc([C@H](C(=O)NC2CCCCC2)N2C[C@@H](C)C[C@H](C)C2)cc1. The Hall–Kier alpha value is -1.35. The van der Waals surface area contributed by atoms with Gasteiger partial charge in [0, 0.05) is 19.1 Å². The third-order valence-corrected chi connectivity index (χ3v) is 5.86. The summed E-state index contributed by atoms with van der Waals surface area (Å²) in [6.07, 6.45) is 7.35. The summed E-state index contributed by atoms with van der Waals surface area (Å²) >= 11 is 0. The van der Waals surface area contributed by atoms with E-state index in [-0.39, 0.29) is 11.9 Å². The monoisotopic (exact) mass is 342 g/mol. The van der Waals surface area contributed by atoms with Crippen molar-refractivity contribution in [2.75, 3.05) is 13.1 Å². The lowest BCUT2D eigenvalue weighted by atomic mass is 9.89. The number of hydrogen-bond donors (Lipinski definition) is 1. The van der Waals surface area contributed by atoms with E-state index in [0.717, 1.165) is 31.5 Å². The van der Waals surface area contributed by atoms with Gasteiger partial charge in [-0.15, -0.1) is 0 Å². The number of aryl methyl sites for hydroxylation is 1. The van der Waals surface area contributed by atoms with Crippen LogP contribution in [0.4, 0.5) is 0 Å². The second-order valence-electron chi connectivity index (χ2n) is 8.56. The lowest BCUT2D eigenvalue weighted by Gasteiger charge is -2.40. The Morgan fingerprint density at radius 2 is 1.64 bits per heavy atom. The molecule has 138 valence electrons. The molecule has 1 saturated carbocycles. The van der Waals surface area contributed by atoms with E-state index in [9.17, 15) is 4.79 Å². The topological polar surface area (TPSA) is 32.3 Å². The number of nitrogens with one attached hydrogen (secondary N) is 1. The highest BCUT2D eigenvalue weighted by Crippen LogP contribution is 2.30. The van der Waals surface area contributed by atoms with Crippen molar-refractivity contribution in [1.29, 1.82) is 0 Å². The molecule has 0 unspecified atom stereocenters. The maximum absolute atomic E-state index is 13.3. The average molecular weight is 343 g/mol. The molecule has 3 heteroatoms. The first-order valence-corrected chi connectivity index (χ1v) is 10.1. The van der Waals surface area contributed by atoms with E-state index in [2.05, 4.69) is 55.3 Å². The van der Waals surface area contributed by atoms with E-state index in [1.54, 1.807) is 0 Å². The van der Waals surface area contributed by atoms with Crippen LogP contribution in [-0.2, 0) is 4.79 Å². The molecular formula is C22H34N2O. The van der Waals surface area contributed by atoms with Gasteiger partial charge >= 0.3 is 0 Å². The van der Waals surface area contributed by atoms with Crippen LogP contribution >= 0.6 is 0 Å². The van der Waals surface area contributed by atoms with Crippen LogP contribution < -0.4 is 5.32 Å². The predicted molar refractivity (Wildman–Crippen MR) is 103 cm³/mol. The first-order chi connectivity index (χ1) is 12.0. The van der Waals surface area contributed by atoms with E-state index < -0.39 is 0 Å². The van der Waals surface area contributed by atoms with Crippen molar-refractivity contribution >= 4 is 5.91 Å². The van der Waals surface area contributed by atoms with Gasteiger partial charge in [-0.05, 0) is 43.6 Å². The molecule has 1 aliphatic heterocycles. The highest BCUT2D eigenvalue weighted by molar-refractivity contribution is 5.83. The largest absolute Gasteiger partial charge is 0.352 e. The van der Waals surface area contributed by atoms with Crippen LogP contribution in [0.1, 0.15) is 69.5 Å². The van der Waals surface area contributed by atoms with Crippen LogP contribution in [0.5, 0.6) is 0 Å². The van der Waals surface area contributed by atoms with Gasteiger partial charge < -0.3 is 5.32 Å². The number of carbonyl (C=O) groups excluding carboxylic acids is 1. The Morgan fingerprint density at radius 1 is 1.04 bits per heavy atom. The van der Waals surface area contributed by atoms with Gasteiger partial charge in [0.15, 0.2) is 0 Å². The minimum Gasteiger partial charge on any atom is -0.352 e. The molecular weight excluding hydrogens is 308 g/mol. The Labute approximate surface area is 153 Å². The molecule has 0 spiro atoms. The van der Waals surface area contributed by atoms with Gasteiger partial charge in [-0.3, -0.25) is 9.69 Å². The molecule has 2 aliphatic rings. The maximum atomic E-state index is 13.3. The van der Waals surface area contributed by atoms with Gasteiger partial charge in [-0.1, -0.05) is 62.9 Å². The molecule has 0 aromatic heterocycles. The van der Waals surface area contributed by atoms with E-state index in [1.165, 1.54) is 31.2 Å². The van der Waals surface area contributed by atoms with Gasteiger partial charge in [-0.25, -0.2) is 0 Å². The first-order valence-electron chi connectivity index (χ1n) is 10.1. The fourth-order valence-electron chi connectivity index (χ4n) is 4.73. The summed E-state index contributed by atoms with van der Waals surface area (Å²) in [4.78, 5) is 15.7. The number of rotatable bonds is 4. The van der Waals surface area contributed by atoms with Gasteiger partial charge in [0.05, 0.1) is 0 Å². The summed E-state index contributed by atoms with van der Waals surface area (Å²) in [5.41, 5.74) is 2.38. The number of likely N-dealkylation sites (tertiary alicyclic amines) is 1. The Bertz CT molecular complexity index is 552. The van der Waals surface area contributed by atoms with E-state index in [4.69, 9.17) is 0 Å². The maximum Gasteiger partial charge on any atom is 0.242 e. The molecule has 1 saturated heterocycles. The number of amides is 1. The van der Waals surface area contributed by atoms with Crippen LogP contribution in [-0.4, -0.2) is 29.9 Å². The summed E-state index contributed by atoms with van der Waals surface area (Å²) in [5, 5.41) is 3.38. The molecule has 0 radical (unpaired) electrons. The number of nitrogens with zero attached hydrogens (tertiary/aromatic N) is 1. The second-order valence-corrected chi connectivity index (χ2v) is 8.56. The smallest absolute Gasteiger partial charge is 0.242 e. The van der Waals surface area contributed by atoms with Crippen LogP contribution in [0, 0.1) is 18.8 Å². The van der Waals surface area contributed by atoms with Gasteiger partial charge in [0.1, 0.15) is 6.04 Å². The van der Waals surface area contributed by atoms with Crippen LogP contribution in [0.3, 0.4) is 0 Å². The molecule has 3 rings (SSSR count). The second kappa shape index (κ2) is 8.35. The zero-order chi connectivity index (χ0) is 17.8. The summed E-state index contributed by atoms with van der Waals surface area (Å²) in [6.45, 7) is 8.76. The Kier molecular flexibility index (Phi) is 6.16. The Morgan fingerprint density at radius 3 is 2.24 bits per heavy atom. The molecule has 1 heterocycles. The number of benzene rings is 1. The van der Waals surface area contributed by atoms with Crippen molar-refractivity contribution in [3.63, 3.8) is 0 Å². The summed E-state index contributed by atoms with van der Waals surface area (Å²) < 4.78 is 0. The molecule has 2 fully saturated rings. The van der Waals surface area contributed by atoms with Crippen molar-refractivity contribution < 1.29 is 4.79 Å². The highest BCUT2D eigenvalue weighted by Gasteiger charge is 2.33. The van der Waals surface area contributed by atoms with Crippen molar-refractivity contribution in [2.24, 2.45) is 11.8 Å². The van der Waals surface area contributed by atoms with Gasteiger partial charge in [-0.2, -0.15) is 0 Å². The highest BCUT2D eigenvalue weighted by atomic mass is 16.2. The molecule has 1 N–H and O–H groups in total. The van der Waals surface area contributed by atoms with E-state index >= 15 is 0 Å².